The van der Waals surface area contributed by atoms with Crippen LogP contribution in [0.25, 0.3) is 0 Å². The molecule has 238 valence electrons. The van der Waals surface area contributed by atoms with Crippen LogP contribution in [0.4, 0.5) is 5.13 Å². The zero-order chi connectivity index (χ0) is 32.2. The Morgan fingerprint density at radius 1 is 0.761 bits per heavy atom. The summed E-state index contributed by atoms with van der Waals surface area (Å²) in [4.78, 5) is 50.3. The maximum Gasteiger partial charge on any atom is 0.226 e. The zero-order valence-corrected chi connectivity index (χ0v) is 27.2. The van der Waals surface area contributed by atoms with Gasteiger partial charge in [-0.2, -0.15) is 0 Å². The Morgan fingerprint density at radius 3 is 1.91 bits per heavy atom. The van der Waals surface area contributed by atoms with E-state index in [0.717, 1.165) is 40.4 Å². The normalized spacial score (nSPS) is 16.7. The van der Waals surface area contributed by atoms with Crippen molar-refractivity contribution in [2.45, 2.75) is 69.6 Å². The smallest absolute Gasteiger partial charge is 0.226 e. The number of Topliss-reactive ketones (excluding diaryl/α,β-unsaturated/α-hetero) is 3. The summed E-state index contributed by atoms with van der Waals surface area (Å²) in [6.07, 6.45) is 4.50. The molecule has 0 bridgehead atoms. The minimum absolute atomic E-state index is 0.0390. The maximum atomic E-state index is 12.8. The SMILES string of the molecule is COc1ccc2c(c1)C(CC(=O)Cc1nnc(CCCCc3nnc(NC(=O)CC4CC(=O)c5ccc(OC)cc54)s3)s1)CC2=O. The number of unbranched alkanes of at least 4 members (excludes halogenated alkanes) is 1. The first-order valence-corrected chi connectivity index (χ1v) is 16.8. The van der Waals surface area contributed by atoms with E-state index in [0.29, 0.717) is 52.0 Å². The number of nitrogens with one attached hydrogen (secondary N) is 1. The van der Waals surface area contributed by atoms with Crippen LogP contribution in [0.5, 0.6) is 11.5 Å². The molecule has 4 aromatic rings. The van der Waals surface area contributed by atoms with Gasteiger partial charge in [0.25, 0.3) is 0 Å². The Labute approximate surface area is 273 Å². The number of hydrogen-bond acceptors (Lipinski definition) is 12. The number of ether oxygens (including phenoxy) is 2. The lowest BCUT2D eigenvalue weighted by Gasteiger charge is -2.11. The number of carbonyl (C=O) groups is 4. The fourth-order valence-corrected chi connectivity index (χ4v) is 7.81. The van der Waals surface area contributed by atoms with E-state index in [1.54, 1.807) is 38.5 Å². The molecule has 0 saturated heterocycles. The second-order valence-electron chi connectivity index (χ2n) is 11.5. The number of aryl methyl sites for hydroxylation is 2. The van der Waals surface area contributed by atoms with Crippen molar-refractivity contribution < 1.29 is 28.7 Å². The van der Waals surface area contributed by atoms with Gasteiger partial charge in [-0.1, -0.05) is 11.3 Å². The molecular formula is C33H33N5O6S2. The molecule has 0 radical (unpaired) electrons. The summed E-state index contributed by atoms with van der Waals surface area (Å²) in [5, 5.41) is 22.5. The summed E-state index contributed by atoms with van der Waals surface area (Å²) in [7, 11) is 3.16. The highest BCUT2D eigenvalue weighted by Gasteiger charge is 2.32. The van der Waals surface area contributed by atoms with E-state index in [9.17, 15) is 19.2 Å². The van der Waals surface area contributed by atoms with E-state index in [-0.39, 0.29) is 54.4 Å². The van der Waals surface area contributed by atoms with Crippen LogP contribution < -0.4 is 14.8 Å². The predicted octanol–water partition coefficient (Wildman–Crippen LogP) is 5.54. The van der Waals surface area contributed by atoms with Crippen molar-refractivity contribution in [1.82, 2.24) is 20.4 Å². The standard InChI is InChI=1S/C33H33N5O6S2/c1-43-21-7-9-23-25(16-21)18(12-27(23)40)11-20(39)15-32-37-35-30(45-32)5-3-4-6-31-36-38-33(46-31)34-29(42)14-19-13-28(41)24-10-8-22(44-2)17-26(19)24/h7-10,16-19H,3-6,11-15H2,1-2H3,(H,34,38,42). The van der Waals surface area contributed by atoms with E-state index < -0.39 is 0 Å². The Balaban J connectivity index is 0.920. The number of ketones is 3. The third kappa shape index (κ3) is 7.20. The third-order valence-electron chi connectivity index (χ3n) is 8.37. The van der Waals surface area contributed by atoms with Crippen molar-refractivity contribution >= 4 is 51.1 Å². The molecule has 0 aliphatic heterocycles. The highest BCUT2D eigenvalue weighted by atomic mass is 32.1. The molecule has 11 nitrogen and oxygen atoms in total. The summed E-state index contributed by atoms with van der Waals surface area (Å²) < 4.78 is 10.6. The number of carbonyl (C=O) groups excluding carboxylic acids is 4. The molecule has 2 aromatic carbocycles. The first-order chi connectivity index (χ1) is 22.3. The molecular weight excluding hydrogens is 627 g/mol. The number of anilines is 1. The van der Waals surface area contributed by atoms with Crippen molar-refractivity contribution in [2.24, 2.45) is 0 Å². The van der Waals surface area contributed by atoms with Gasteiger partial charge in [0.05, 0.1) is 20.6 Å². The molecule has 2 aliphatic carbocycles. The van der Waals surface area contributed by atoms with Gasteiger partial charge in [-0.3, -0.25) is 19.2 Å². The second kappa shape index (κ2) is 14.0. The van der Waals surface area contributed by atoms with Gasteiger partial charge in [0, 0.05) is 55.6 Å². The molecule has 0 saturated carbocycles. The Hall–Kier alpha value is -4.36. The van der Waals surface area contributed by atoms with Gasteiger partial charge in [-0.15, -0.1) is 31.7 Å². The minimum atomic E-state index is -0.205. The molecule has 2 atom stereocenters. The first-order valence-electron chi connectivity index (χ1n) is 15.2. The Morgan fingerprint density at radius 2 is 1.30 bits per heavy atom. The molecule has 13 heteroatoms. The van der Waals surface area contributed by atoms with Gasteiger partial charge in [0.15, 0.2) is 11.6 Å². The van der Waals surface area contributed by atoms with Crippen LogP contribution in [0, 0.1) is 0 Å². The number of hydrogen-bond donors (Lipinski definition) is 1. The topological polar surface area (TPSA) is 150 Å². The number of amides is 1. The zero-order valence-electron chi connectivity index (χ0n) is 25.5. The third-order valence-corrected chi connectivity index (χ3v) is 10.3. The van der Waals surface area contributed by atoms with Gasteiger partial charge in [0.2, 0.25) is 11.0 Å². The number of aromatic nitrogens is 4. The quantitative estimate of drug-likeness (QED) is 0.171. The van der Waals surface area contributed by atoms with Gasteiger partial charge in [-0.25, -0.2) is 0 Å². The second-order valence-corrected chi connectivity index (χ2v) is 13.7. The van der Waals surface area contributed by atoms with Gasteiger partial charge in [0.1, 0.15) is 32.3 Å². The van der Waals surface area contributed by atoms with Gasteiger partial charge in [-0.05, 0) is 66.3 Å². The monoisotopic (exact) mass is 659 g/mol. The van der Waals surface area contributed by atoms with Gasteiger partial charge < -0.3 is 14.8 Å². The minimum Gasteiger partial charge on any atom is -0.497 e. The summed E-state index contributed by atoms with van der Waals surface area (Å²) >= 11 is 2.80. The van der Waals surface area contributed by atoms with Crippen molar-refractivity contribution in [2.75, 3.05) is 19.5 Å². The van der Waals surface area contributed by atoms with E-state index in [1.165, 1.54) is 22.7 Å². The van der Waals surface area contributed by atoms with Crippen LogP contribution in [0.2, 0.25) is 0 Å². The van der Waals surface area contributed by atoms with Crippen molar-refractivity contribution in [3.05, 3.63) is 73.7 Å². The average Bonchev–Trinajstić information content (AvgIpc) is 3.82. The van der Waals surface area contributed by atoms with Crippen LogP contribution in [0.15, 0.2) is 36.4 Å². The molecule has 2 aliphatic rings. The lowest BCUT2D eigenvalue weighted by atomic mass is 9.94. The number of benzene rings is 2. The lowest BCUT2D eigenvalue weighted by molar-refractivity contribution is -0.119. The molecule has 46 heavy (non-hydrogen) atoms. The van der Waals surface area contributed by atoms with E-state index in [4.69, 9.17) is 9.47 Å². The van der Waals surface area contributed by atoms with Crippen LogP contribution in [-0.2, 0) is 28.9 Å². The Kier molecular flexibility index (Phi) is 9.59. The number of methoxy groups -OCH3 is 2. The summed E-state index contributed by atoms with van der Waals surface area (Å²) in [6.45, 7) is 0. The largest absolute Gasteiger partial charge is 0.497 e. The van der Waals surface area contributed by atoms with E-state index in [2.05, 4.69) is 25.7 Å². The fraction of sp³-hybridized carbons (Fsp3) is 0.394. The van der Waals surface area contributed by atoms with Crippen molar-refractivity contribution in [3.63, 3.8) is 0 Å². The summed E-state index contributed by atoms with van der Waals surface area (Å²) in [5.74, 6) is 0.960. The van der Waals surface area contributed by atoms with Crippen LogP contribution in [0.3, 0.4) is 0 Å². The highest BCUT2D eigenvalue weighted by molar-refractivity contribution is 7.15. The van der Waals surface area contributed by atoms with Crippen LogP contribution in [-0.4, -0.2) is 57.9 Å². The maximum absolute atomic E-state index is 12.8. The highest BCUT2D eigenvalue weighted by Crippen LogP contribution is 2.39. The number of rotatable bonds is 14. The molecule has 0 spiro atoms. The number of nitrogens with zero attached hydrogens (tertiary/aromatic N) is 4. The van der Waals surface area contributed by atoms with E-state index in [1.807, 2.05) is 12.1 Å². The van der Waals surface area contributed by atoms with E-state index >= 15 is 0 Å². The molecule has 2 heterocycles. The first kappa shape index (κ1) is 31.6. The average molecular weight is 660 g/mol. The predicted molar refractivity (Wildman–Crippen MR) is 172 cm³/mol. The molecule has 2 aromatic heterocycles. The molecule has 1 amide bonds. The lowest BCUT2D eigenvalue weighted by Crippen LogP contribution is -2.14. The number of fused-ring (bicyclic) bond motifs is 2. The van der Waals surface area contributed by atoms with Crippen LogP contribution >= 0.6 is 22.7 Å². The Bertz CT molecular complexity index is 1670. The molecule has 0 fully saturated rings. The molecule has 1 N–H and O–H groups in total. The van der Waals surface area contributed by atoms with Gasteiger partial charge >= 0.3 is 0 Å². The summed E-state index contributed by atoms with van der Waals surface area (Å²) in [6, 6.07) is 10.8. The van der Waals surface area contributed by atoms with Crippen molar-refractivity contribution in [1.29, 1.82) is 0 Å². The molecule has 2 unspecified atom stereocenters. The fourth-order valence-electron chi connectivity index (χ4n) is 6.10. The van der Waals surface area contributed by atoms with Crippen molar-refractivity contribution in [3.8, 4) is 11.5 Å². The molecule has 6 rings (SSSR count). The summed E-state index contributed by atoms with van der Waals surface area (Å²) in [5.41, 5.74) is 3.06. The van der Waals surface area contributed by atoms with Crippen LogP contribution in [0.1, 0.15) is 97.2 Å².